The standard InChI is InChI=1S/C17H17ClN2O3S2/c1-23-11-2-3-14-12(8-11)13(9-19-14)17(6-7-17)10-20-25(21,22)16-5-4-15(18)24-16/h2-5,8-9,19-20H,6-7,10H2,1H3. The highest BCUT2D eigenvalue weighted by Gasteiger charge is 2.46. The molecule has 0 saturated heterocycles. The topological polar surface area (TPSA) is 71.2 Å². The molecule has 5 nitrogen and oxygen atoms in total. The van der Waals surface area contributed by atoms with Crippen molar-refractivity contribution in [3.05, 3.63) is 46.4 Å². The highest BCUT2D eigenvalue weighted by molar-refractivity contribution is 7.91. The summed E-state index contributed by atoms with van der Waals surface area (Å²) in [6, 6.07) is 9.01. The summed E-state index contributed by atoms with van der Waals surface area (Å²) in [7, 11) is -1.90. The fourth-order valence-corrected chi connectivity index (χ4v) is 5.76. The molecular formula is C17H17ClN2O3S2. The molecule has 1 aromatic carbocycles. The van der Waals surface area contributed by atoms with Crippen molar-refractivity contribution in [3.8, 4) is 5.75 Å². The van der Waals surface area contributed by atoms with Crippen molar-refractivity contribution < 1.29 is 13.2 Å². The highest BCUT2D eigenvalue weighted by atomic mass is 35.5. The van der Waals surface area contributed by atoms with Gasteiger partial charge in [-0.25, -0.2) is 13.1 Å². The second kappa shape index (κ2) is 6.02. The first-order valence-corrected chi connectivity index (χ1v) is 10.5. The summed E-state index contributed by atoms with van der Waals surface area (Å²) in [5.74, 6) is 0.790. The summed E-state index contributed by atoms with van der Waals surface area (Å²) in [5, 5.41) is 1.08. The first kappa shape index (κ1) is 16.9. The third-order valence-corrected chi connectivity index (χ3v) is 7.85. The number of thiophene rings is 1. The number of methoxy groups -OCH3 is 1. The second-order valence-electron chi connectivity index (χ2n) is 6.28. The lowest BCUT2D eigenvalue weighted by Crippen LogP contribution is -2.31. The van der Waals surface area contributed by atoms with Gasteiger partial charge in [-0.05, 0) is 48.7 Å². The van der Waals surface area contributed by atoms with Gasteiger partial charge in [-0.2, -0.15) is 0 Å². The minimum atomic E-state index is -3.54. The first-order chi connectivity index (χ1) is 11.9. The van der Waals surface area contributed by atoms with E-state index in [2.05, 4.69) is 9.71 Å². The molecule has 1 saturated carbocycles. The highest BCUT2D eigenvalue weighted by Crippen LogP contribution is 2.50. The molecule has 8 heteroatoms. The maximum absolute atomic E-state index is 12.5. The van der Waals surface area contributed by atoms with Gasteiger partial charge in [-0.3, -0.25) is 0 Å². The van der Waals surface area contributed by atoms with Gasteiger partial charge in [-0.1, -0.05) is 11.6 Å². The number of halogens is 1. The van der Waals surface area contributed by atoms with Gasteiger partial charge in [0.25, 0.3) is 0 Å². The largest absolute Gasteiger partial charge is 0.497 e. The van der Waals surface area contributed by atoms with Crippen LogP contribution in [-0.2, 0) is 15.4 Å². The first-order valence-electron chi connectivity index (χ1n) is 7.84. The zero-order valence-electron chi connectivity index (χ0n) is 13.5. The number of rotatable bonds is 6. The number of fused-ring (bicyclic) bond motifs is 1. The maximum Gasteiger partial charge on any atom is 0.250 e. The van der Waals surface area contributed by atoms with E-state index in [1.807, 2.05) is 24.4 Å². The fourth-order valence-electron chi connectivity index (χ4n) is 3.10. The van der Waals surface area contributed by atoms with Gasteiger partial charge in [-0.15, -0.1) is 11.3 Å². The summed E-state index contributed by atoms with van der Waals surface area (Å²) in [6.45, 7) is 0.370. The minimum Gasteiger partial charge on any atom is -0.497 e. The van der Waals surface area contributed by atoms with Crippen LogP contribution in [0.25, 0.3) is 10.9 Å². The number of H-pyrrole nitrogens is 1. The summed E-state index contributed by atoms with van der Waals surface area (Å²) in [6.07, 6.45) is 3.88. The van der Waals surface area contributed by atoms with Crippen LogP contribution in [0.3, 0.4) is 0 Å². The number of aromatic amines is 1. The Morgan fingerprint density at radius 3 is 2.76 bits per heavy atom. The SMILES string of the molecule is COc1ccc2[nH]cc(C3(CNS(=O)(=O)c4ccc(Cl)s4)CC3)c2c1. The molecule has 1 aliphatic rings. The smallest absolute Gasteiger partial charge is 0.250 e. The van der Waals surface area contributed by atoms with Crippen molar-refractivity contribution >= 4 is 43.9 Å². The van der Waals surface area contributed by atoms with E-state index >= 15 is 0 Å². The third-order valence-electron chi connectivity index (χ3n) is 4.73. The van der Waals surface area contributed by atoms with Gasteiger partial charge in [0, 0.05) is 29.1 Å². The zero-order valence-corrected chi connectivity index (χ0v) is 15.9. The van der Waals surface area contributed by atoms with E-state index in [-0.39, 0.29) is 9.62 Å². The van der Waals surface area contributed by atoms with Crippen molar-refractivity contribution in [1.29, 1.82) is 0 Å². The predicted molar refractivity (Wildman–Crippen MR) is 100 cm³/mol. The van der Waals surface area contributed by atoms with Crippen molar-refractivity contribution in [3.63, 3.8) is 0 Å². The molecule has 25 heavy (non-hydrogen) atoms. The Labute approximate surface area is 155 Å². The Morgan fingerprint density at radius 2 is 2.12 bits per heavy atom. The van der Waals surface area contributed by atoms with Gasteiger partial charge in [0.05, 0.1) is 11.4 Å². The predicted octanol–water partition coefficient (Wildman–Crippen LogP) is 3.90. The Morgan fingerprint density at radius 1 is 1.32 bits per heavy atom. The molecule has 4 rings (SSSR count). The molecule has 1 fully saturated rings. The molecule has 0 radical (unpaired) electrons. The van der Waals surface area contributed by atoms with E-state index in [0.29, 0.717) is 10.9 Å². The normalized spacial score (nSPS) is 16.2. The molecule has 0 atom stereocenters. The van der Waals surface area contributed by atoms with Gasteiger partial charge < -0.3 is 9.72 Å². The van der Waals surface area contributed by atoms with E-state index in [0.717, 1.165) is 46.4 Å². The number of hydrogen-bond donors (Lipinski definition) is 2. The van der Waals surface area contributed by atoms with Gasteiger partial charge in [0.1, 0.15) is 9.96 Å². The van der Waals surface area contributed by atoms with Gasteiger partial charge in [0.15, 0.2) is 0 Å². The van der Waals surface area contributed by atoms with Crippen molar-refractivity contribution in [2.24, 2.45) is 0 Å². The number of aromatic nitrogens is 1. The summed E-state index contributed by atoms with van der Waals surface area (Å²) in [5.41, 5.74) is 1.99. The van der Waals surface area contributed by atoms with Gasteiger partial charge in [0.2, 0.25) is 10.0 Å². The van der Waals surface area contributed by atoms with Crippen LogP contribution in [0.2, 0.25) is 4.34 Å². The van der Waals surface area contributed by atoms with Crippen molar-refractivity contribution in [1.82, 2.24) is 9.71 Å². The monoisotopic (exact) mass is 396 g/mol. The van der Waals surface area contributed by atoms with Crippen LogP contribution in [0.1, 0.15) is 18.4 Å². The minimum absolute atomic E-state index is 0.168. The number of ether oxygens (including phenoxy) is 1. The molecule has 132 valence electrons. The lowest BCUT2D eigenvalue weighted by molar-refractivity contribution is 0.415. The number of sulfonamides is 1. The molecular weight excluding hydrogens is 380 g/mol. The van der Waals surface area contributed by atoms with Crippen LogP contribution in [0.4, 0.5) is 0 Å². The van der Waals surface area contributed by atoms with E-state index in [4.69, 9.17) is 16.3 Å². The van der Waals surface area contributed by atoms with Crippen molar-refractivity contribution in [2.45, 2.75) is 22.5 Å². The number of hydrogen-bond acceptors (Lipinski definition) is 4. The Bertz CT molecular complexity index is 1040. The zero-order chi connectivity index (χ0) is 17.7. The summed E-state index contributed by atoms with van der Waals surface area (Å²) < 4.78 is 33.7. The molecule has 0 spiro atoms. The Balaban J connectivity index is 1.61. The van der Waals surface area contributed by atoms with Crippen LogP contribution in [0, 0.1) is 0 Å². The molecule has 0 aliphatic heterocycles. The molecule has 0 unspecified atom stereocenters. The number of benzene rings is 1. The van der Waals surface area contributed by atoms with Crippen LogP contribution in [-0.4, -0.2) is 27.1 Å². The lowest BCUT2D eigenvalue weighted by atomic mass is 9.95. The second-order valence-corrected chi connectivity index (χ2v) is 9.99. The molecule has 0 amide bonds. The van der Waals surface area contributed by atoms with E-state index in [1.54, 1.807) is 13.2 Å². The number of nitrogens with one attached hydrogen (secondary N) is 2. The Kier molecular flexibility index (Phi) is 4.07. The molecule has 0 bridgehead atoms. The molecule has 2 heterocycles. The quantitative estimate of drug-likeness (QED) is 0.663. The van der Waals surface area contributed by atoms with E-state index in [1.165, 1.54) is 6.07 Å². The van der Waals surface area contributed by atoms with Crippen molar-refractivity contribution in [2.75, 3.05) is 13.7 Å². The average Bonchev–Trinajstić information content (AvgIpc) is 3.04. The van der Waals surface area contributed by atoms with Crippen LogP contribution >= 0.6 is 22.9 Å². The van der Waals surface area contributed by atoms with E-state index in [9.17, 15) is 8.42 Å². The maximum atomic E-state index is 12.5. The van der Waals surface area contributed by atoms with Gasteiger partial charge >= 0.3 is 0 Å². The van der Waals surface area contributed by atoms with E-state index < -0.39 is 10.0 Å². The molecule has 2 N–H and O–H groups in total. The third kappa shape index (κ3) is 3.06. The average molecular weight is 397 g/mol. The molecule has 1 aliphatic carbocycles. The molecule has 2 aromatic heterocycles. The van der Waals surface area contributed by atoms with Crippen LogP contribution < -0.4 is 9.46 Å². The molecule has 3 aromatic rings. The lowest BCUT2D eigenvalue weighted by Gasteiger charge is -2.15. The van der Waals surface area contributed by atoms with Crippen LogP contribution in [0.15, 0.2) is 40.7 Å². The Hall–Kier alpha value is -1.54. The van der Waals surface area contributed by atoms with Crippen LogP contribution in [0.5, 0.6) is 5.75 Å². The summed E-state index contributed by atoms with van der Waals surface area (Å²) >= 11 is 6.92. The fraction of sp³-hybridized carbons (Fsp3) is 0.294. The summed E-state index contributed by atoms with van der Waals surface area (Å²) in [4.78, 5) is 3.27.